The second-order valence-electron chi connectivity index (χ2n) is 7.43. The summed E-state index contributed by atoms with van der Waals surface area (Å²) in [6, 6.07) is 7.58. The summed E-state index contributed by atoms with van der Waals surface area (Å²) in [7, 11) is 1.56. The molecule has 1 aromatic carbocycles. The zero-order valence-electron chi connectivity index (χ0n) is 17.0. The molecular weight excluding hydrogens is 392 g/mol. The lowest BCUT2D eigenvalue weighted by molar-refractivity contribution is 0.0910. The van der Waals surface area contributed by atoms with Gasteiger partial charge in [0.1, 0.15) is 18.5 Å². The molecule has 0 radical (unpaired) electrons. The molecule has 2 N–H and O–H groups in total. The Morgan fingerprint density at radius 3 is 2.69 bits per heavy atom. The van der Waals surface area contributed by atoms with E-state index >= 15 is 0 Å². The molecule has 3 rings (SSSR count). The molecule has 0 aliphatic carbocycles. The number of ether oxygens (including phenoxy) is 1. The average molecular weight is 419 g/mol. The van der Waals surface area contributed by atoms with Crippen LogP contribution in [0.4, 0.5) is 0 Å². The number of para-hydroxylation sites is 1. The summed E-state index contributed by atoms with van der Waals surface area (Å²) in [6.07, 6.45) is -0.859. The van der Waals surface area contributed by atoms with Gasteiger partial charge in [-0.2, -0.15) is 0 Å². The Bertz CT molecular complexity index is 1120. The summed E-state index contributed by atoms with van der Waals surface area (Å²) in [5.41, 5.74) is 0.521. The highest BCUT2D eigenvalue weighted by atomic mass is 32.2. The van der Waals surface area contributed by atoms with Crippen molar-refractivity contribution in [1.29, 1.82) is 0 Å². The van der Waals surface area contributed by atoms with Crippen molar-refractivity contribution in [2.75, 3.05) is 12.4 Å². The predicted molar refractivity (Wildman–Crippen MR) is 114 cm³/mol. The third kappa shape index (κ3) is 4.73. The topological polar surface area (TPSA) is 102 Å². The van der Waals surface area contributed by atoms with Gasteiger partial charge in [-0.15, -0.1) is 0 Å². The normalized spacial score (nSPS) is 12.6. The van der Waals surface area contributed by atoms with Gasteiger partial charge >= 0.3 is 5.69 Å². The molecule has 0 aliphatic heterocycles. The van der Waals surface area contributed by atoms with Crippen molar-refractivity contribution >= 4 is 22.9 Å². The van der Waals surface area contributed by atoms with Crippen LogP contribution in [-0.4, -0.2) is 42.7 Å². The Hall–Kier alpha value is -2.52. The van der Waals surface area contributed by atoms with Crippen molar-refractivity contribution in [3.05, 3.63) is 50.7 Å². The van der Waals surface area contributed by atoms with E-state index in [1.165, 1.54) is 16.3 Å². The van der Waals surface area contributed by atoms with E-state index in [1.807, 2.05) is 31.2 Å². The largest absolute Gasteiger partial charge is 0.491 e. The summed E-state index contributed by atoms with van der Waals surface area (Å²) in [4.78, 5) is 31.2. The van der Waals surface area contributed by atoms with Crippen molar-refractivity contribution < 1.29 is 9.84 Å². The Morgan fingerprint density at radius 2 is 2.00 bits per heavy atom. The van der Waals surface area contributed by atoms with Gasteiger partial charge in [-0.3, -0.25) is 14.3 Å². The number of aliphatic hydroxyl groups excluding tert-OH is 1. The van der Waals surface area contributed by atoms with E-state index < -0.39 is 17.4 Å². The lowest BCUT2D eigenvalue weighted by Crippen LogP contribution is -2.30. The van der Waals surface area contributed by atoms with Gasteiger partial charge in [-0.1, -0.05) is 43.8 Å². The molecule has 8 nitrogen and oxygen atoms in total. The zero-order chi connectivity index (χ0) is 21.1. The summed E-state index contributed by atoms with van der Waals surface area (Å²) >= 11 is 1.49. The maximum absolute atomic E-state index is 12.5. The molecule has 0 fully saturated rings. The SMILES string of the molecule is Cc1ccccc1OC[C@@H](O)Cn1c(SCC(C)C)nc2c1c(=O)[nH]c(=O)n2C. The van der Waals surface area contributed by atoms with Gasteiger partial charge in [0.05, 0.1) is 6.54 Å². The highest BCUT2D eigenvalue weighted by Crippen LogP contribution is 2.24. The van der Waals surface area contributed by atoms with E-state index in [9.17, 15) is 14.7 Å². The Labute approximate surface area is 172 Å². The number of rotatable bonds is 8. The lowest BCUT2D eigenvalue weighted by Gasteiger charge is -2.16. The zero-order valence-corrected chi connectivity index (χ0v) is 17.8. The molecule has 3 aromatic rings. The molecule has 29 heavy (non-hydrogen) atoms. The van der Waals surface area contributed by atoms with Crippen LogP contribution in [0, 0.1) is 12.8 Å². The average Bonchev–Trinajstić information content (AvgIpc) is 3.03. The quantitative estimate of drug-likeness (QED) is 0.542. The van der Waals surface area contributed by atoms with Crippen LogP contribution in [0.2, 0.25) is 0 Å². The first-order valence-electron chi connectivity index (χ1n) is 9.46. The maximum atomic E-state index is 12.5. The van der Waals surface area contributed by atoms with E-state index in [-0.39, 0.29) is 18.7 Å². The molecule has 156 valence electrons. The lowest BCUT2D eigenvalue weighted by atomic mass is 10.2. The van der Waals surface area contributed by atoms with Crippen LogP contribution in [0.15, 0.2) is 39.0 Å². The monoisotopic (exact) mass is 418 g/mol. The van der Waals surface area contributed by atoms with Crippen LogP contribution in [0.1, 0.15) is 19.4 Å². The van der Waals surface area contributed by atoms with E-state index in [2.05, 4.69) is 23.8 Å². The van der Waals surface area contributed by atoms with Crippen LogP contribution in [0.5, 0.6) is 5.75 Å². The molecule has 2 aromatic heterocycles. The first-order valence-corrected chi connectivity index (χ1v) is 10.4. The van der Waals surface area contributed by atoms with Gasteiger partial charge < -0.3 is 14.4 Å². The van der Waals surface area contributed by atoms with E-state index in [0.717, 1.165) is 11.3 Å². The number of nitrogens with zero attached hydrogens (tertiary/aromatic N) is 3. The van der Waals surface area contributed by atoms with Crippen LogP contribution >= 0.6 is 11.8 Å². The fourth-order valence-corrected chi connectivity index (χ4v) is 3.86. The standard InChI is InChI=1S/C20H26N4O4S/c1-12(2)11-29-20-21-17-16(18(26)22-19(27)23(17)4)24(20)9-14(25)10-28-15-8-6-5-7-13(15)3/h5-8,12,14,25H,9-11H2,1-4H3,(H,22,26,27)/t14-/m0/s1. The number of fused-ring (bicyclic) bond motifs is 1. The van der Waals surface area contributed by atoms with E-state index in [0.29, 0.717) is 22.5 Å². The van der Waals surface area contributed by atoms with Crippen molar-refractivity contribution in [1.82, 2.24) is 19.1 Å². The van der Waals surface area contributed by atoms with Gasteiger partial charge in [-0.05, 0) is 24.5 Å². The molecule has 0 bridgehead atoms. The molecule has 0 saturated carbocycles. The number of H-pyrrole nitrogens is 1. The minimum Gasteiger partial charge on any atom is -0.491 e. The number of hydrogen-bond acceptors (Lipinski definition) is 6. The second kappa shape index (κ2) is 8.87. The first kappa shape index (κ1) is 21.2. The first-order chi connectivity index (χ1) is 13.8. The Balaban J connectivity index is 1.90. The third-order valence-corrected chi connectivity index (χ3v) is 5.84. The van der Waals surface area contributed by atoms with Crippen LogP contribution in [-0.2, 0) is 13.6 Å². The molecule has 2 heterocycles. The van der Waals surface area contributed by atoms with Gasteiger partial charge in [0, 0.05) is 12.8 Å². The van der Waals surface area contributed by atoms with Crippen LogP contribution in [0.25, 0.3) is 11.2 Å². The van der Waals surface area contributed by atoms with Crippen molar-refractivity contribution in [2.24, 2.45) is 13.0 Å². The molecule has 9 heteroatoms. The number of aliphatic hydroxyl groups is 1. The Kier molecular flexibility index (Phi) is 6.49. The molecule has 0 amide bonds. The molecule has 0 unspecified atom stereocenters. The minimum absolute atomic E-state index is 0.0719. The highest BCUT2D eigenvalue weighted by molar-refractivity contribution is 7.99. The number of hydrogen-bond donors (Lipinski definition) is 2. The van der Waals surface area contributed by atoms with Crippen LogP contribution < -0.4 is 16.0 Å². The molecule has 1 atom stereocenters. The summed E-state index contributed by atoms with van der Waals surface area (Å²) < 4.78 is 8.72. The number of thioether (sulfide) groups is 1. The van der Waals surface area contributed by atoms with Gasteiger partial charge in [-0.25, -0.2) is 9.78 Å². The molecule has 0 spiro atoms. The summed E-state index contributed by atoms with van der Waals surface area (Å²) in [5.74, 6) is 1.92. The van der Waals surface area contributed by atoms with Gasteiger partial charge in [0.2, 0.25) is 0 Å². The fourth-order valence-electron chi connectivity index (χ4n) is 2.90. The van der Waals surface area contributed by atoms with Crippen LogP contribution in [0.3, 0.4) is 0 Å². The minimum atomic E-state index is -0.859. The summed E-state index contributed by atoms with van der Waals surface area (Å²) in [6.45, 7) is 6.32. The summed E-state index contributed by atoms with van der Waals surface area (Å²) in [5, 5.41) is 11.2. The fraction of sp³-hybridized carbons (Fsp3) is 0.450. The van der Waals surface area contributed by atoms with E-state index in [4.69, 9.17) is 4.74 Å². The second-order valence-corrected chi connectivity index (χ2v) is 8.42. The molecule has 0 saturated heterocycles. The van der Waals surface area contributed by atoms with Gasteiger partial charge in [0.15, 0.2) is 16.3 Å². The van der Waals surface area contributed by atoms with E-state index in [1.54, 1.807) is 11.6 Å². The van der Waals surface area contributed by atoms with Crippen molar-refractivity contribution in [2.45, 2.75) is 38.6 Å². The number of nitrogens with one attached hydrogen (secondary N) is 1. The number of benzene rings is 1. The molecule has 0 aliphatic rings. The Morgan fingerprint density at radius 1 is 1.28 bits per heavy atom. The van der Waals surface area contributed by atoms with Crippen molar-refractivity contribution in [3.63, 3.8) is 0 Å². The number of aryl methyl sites for hydroxylation is 2. The number of aromatic nitrogens is 4. The number of imidazole rings is 1. The number of aromatic amines is 1. The highest BCUT2D eigenvalue weighted by Gasteiger charge is 2.20. The third-order valence-electron chi connectivity index (χ3n) is 4.44. The molecular formula is C20H26N4O4S. The smallest absolute Gasteiger partial charge is 0.329 e. The maximum Gasteiger partial charge on any atom is 0.329 e. The van der Waals surface area contributed by atoms with Gasteiger partial charge in [0.25, 0.3) is 5.56 Å². The predicted octanol–water partition coefficient (Wildman–Crippen LogP) is 1.92. The van der Waals surface area contributed by atoms with Crippen molar-refractivity contribution in [3.8, 4) is 5.75 Å².